The molecule has 0 radical (unpaired) electrons. The third-order valence-corrected chi connectivity index (χ3v) is 6.62. The molecule has 0 nitrogen and oxygen atoms in total. The zero-order chi connectivity index (χ0) is 13.0. The Labute approximate surface area is 132 Å². The second kappa shape index (κ2) is 5.89. The zero-order valence-electron chi connectivity index (χ0n) is 12.5. The summed E-state index contributed by atoms with van der Waals surface area (Å²) in [6, 6.07) is 0. The fourth-order valence-corrected chi connectivity index (χ4v) is 5.82. The van der Waals surface area contributed by atoms with E-state index in [1.165, 1.54) is 19.3 Å². The second-order valence-corrected chi connectivity index (χ2v) is 8.24. The van der Waals surface area contributed by atoms with Gasteiger partial charge in [0.1, 0.15) is 0 Å². The van der Waals surface area contributed by atoms with Crippen molar-refractivity contribution in [1.82, 2.24) is 0 Å². The van der Waals surface area contributed by atoms with Gasteiger partial charge < -0.3 is 9.41 Å². The summed E-state index contributed by atoms with van der Waals surface area (Å²) in [7, 11) is 0. The average molecular weight is 313 g/mol. The van der Waals surface area contributed by atoms with Crippen LogP contribution in [0.5, 0.6) is 0 Å². The van der Waals surface area contributed by atoms with Crippen molar-refractivity contribution in [3.05, 3.63) is 36.0 Å². The van der Waals surface area contributed by atoms with E-state index in [4.69, 9.17) is 0 Å². The van der Waals surface area contributed by atoms with Crippen LogP contribution < -0.4 is 9.41 Å². The van der Waals surface area contributed by atoms with E-state index < -0.39 is 0 Å². The molecular formula is C17H23F2Ti. The maximum atomic E-state index is 2.53. The molecule has 3 rings (SSSR count). The summed E-state index contributed by atoms with van der Waals surface area (Å²) in [5.41, 5.74) is 2.33. The summed E-state index contributed by atoms with van der Waals surface area (Å²) in [6.45, 7) is 7.35. The van der Waals surface area contributed by atoms with Gasteiger partial charge in [-0.15, -0.1) is 0 Å². The van der Waals surface area contributed by atoms with Crippen molar-refractivity contribution < 1.29 is 29.8 Å². The fraction of sp³-hybridized carbons (Fsp3) is 0.647. The van der Waals surface area contributed by atoms with Gasteiger partial charge >= 0.3 is 123 Å². The molecule has 0 spiro atoms. The molecule has 4 atom stereocenters. The minimum Gasteiger partial charge on any atom is -1.00 e. The van der Waals surface area contributed by atoms with Gasteiger partial charge in [-0.25, -0.2) is 0 Å². The number of hydrogen-bond donors (Lipinski definition) is 0. The molecule has 0 aromatic carbocycles. The molecule has 4 unspecified atom stereocenters. The van der Waals surface area contributed by atoms with E-state index in [1.807, 2.05) is 0 Å². The summed E-state index contributed by atoms with van der Waals surface area (Å²) < 4.78 is 0.879. The van der Waals surface area contributed by atoms with Gasteiger partial charge in [0.25, 0.3) is 0 Å². The van der Waals surface area contributed by atoms with Crippen molar-refractivity contribution in [3.8, 4) is 0 Å². The van der Waals surface area contributed by atoms with Gasteiger partial charge in [-0.2, -0.15) is 0 Å². The number of halogens is 2. The Balaban J connectivity index is 0.000001000. The first-order valence-electron chi connectivity index (χ1n) is 7.23. The number of hydrogen-bond acceptors (Lipinski definition) is 0. The first kappa shape index (κ1) is 17.8. The summed E-state index contributed by atoms with van der Waals surface area (Å²) in [4.78, 5) is 0. The monoisotopic (exact) mass is 313 g/mol. The van der Waals surface area contributed by atoms with Gasteiger partial charge in [0, 0.05) is 0 Å². The minimum absolute atomic E-state index is 0. The molecule has 0 N–H and O–H groups in total. The second-order valence-electron chi connectivity index (χ2n) is 7.08. The standard InChI is InChI=1S/C17H23.2FH.Ti/c1-16(2)11-12-17(3,13-7-4-5-8-13)15-10-6-9-14(15)16;;;/h4-5,7,9,11-12,14-15H,6,8,10H2,1-3H3;2*1H;/q;;;+2/p-2. The van der Waals surface area contributed by atoms with Gasteiger partial charge in [0.2, 0.25) is 0 Å². The molecule has 0 aliphatic heterocycles. The van der Waals surface area contributed by atoms with Crippen LogP contribution >= 0.6 is 0 Å². The molecule has 0 aromatic heterocycles. The number of allylic oxidation sites excluding steroid dienone is 6. The van der Waals surface area contributed by atoms with Crippen LogP contribution in [0.2, 0.25) is 4.22 Å². The molecule has 109 valence electrons. The molecule has 0 aromatic rings. The Kier molecular flexibility index (Phi) is 5.25. The van der Waals surface area contributed by atoms with Crippen LogP contribution in [0.4, 0.5) is 0 Å². The molecule has 3 aliphatic rings. The quantitative estimate of drug-likeness (QED) is 0.423. The van der Waals surface area contributed by atoms with E-state index in [9.17, 15) is 0 Å². The van der Waals surface area contributed by atoms with Crippen molar-refractivity contribution in [2.45, 2.75) is 44.3 Å². The molecule has 0 heterocycles. The van der Waals surface area contributed by atoms with E-state index in [2.05, 4.69) is 71.6 Å². The predicted octanol–water partition coefficient (Wildman–Crippen LogP) is -1.16. The van der Waals surface area contributed by atoms with Crippen LogP contribution in [0.25, 0.3) is 0 Å². The molecule has 3 heteroatoms. The predicted molar refractivity (Wildman–Crippen MR) is 72.8 cm³/mol. The Bertz CT molecular complexity index is 450. The summed E-state index contributed by atoms with van der Waals surface area (Å²) in [5, 5.41) is 0. The van der Waals surface area contributed by atoms with E-state index in [0.29, 0.717) is 10.8 Å². The first-order valence-corrected chi connectivity index (χ1v) is 8.13. The van der Waals surface area contributed by atoms with Crippen LogP contribution in [-0.4, -0.2) is 0 Å². The molecule has 1 fully saturated rings. The SMILES string of the molecule is CC1(C)C=CC(C)(C2=CC=CC2)C2CC[CH]([Ti+2])C21.[F-].[F-]. The Morgan fingerprint density at radius 3 is 2.40 bits per heavy atom. The third kappa shape index (κ3) is 2.50. The largest absolute Gasteiger partial charge is 1.00 e. The van der Waals surface area contributed by atoms with Crippen molar-refractivity contribution in [2.75, 3.05) is 0 Å². The third-order valence-electron chi connectivity index (χ3n) is 5.61. The molecular weight excluding hydrogens is 290 g/mol. The van der Waals surface area contributed by atoms with Crippen molar-refractivity contribution >= 4 is 0 Å². The van der Waals surface area contributed by atoms with Gasteiger partial charge in [-0.3, -0.25) is 0 Å². The Hall–Kier alpha value is -0.206. The molecule has 0 saturated heterocycles. The number of rotatable bonds is 1. The minimum atomic E-state index is 0. The summed E-state index contributed by atoms with van der Waals surface area (Å²) in [5.74, 6) is 1.70. The Morgan fingerprint density at radius 2 is 1.80 bits per heavy atom. The first-order chi connectivity index (χ1) is 8.45. The number of fused-ring (bicyclic) bond motifs is 1. The summed E-state index contributed by atoms with van der Waals surface area (Å²) >= 11 is 2.47. The Morgan fingerprint density at radius 1 is 1.10 bits per heavy atom. The smallest absolute Gasteiger partial charge is 1.00 e. The van der Waals surface area contributed by atoms with Crippen LogP contribution in [0, 0.1) is 22.7 Å². The average Bonchev–Trinajstić information content (AvgIpc) is 2.94. The van der Waals surface area contributed by atoms with Crippen molar-refractivity contribution in [2.24, 2.45) is 22.7 Å². The van der Waals surface area contributed by atoms with Crippen LogP contribution in [0.3, 0.4) is 0 Å². The normalized spacial score (nSPS) is 40.6. The molecule has 0 bridgehead atoms. The van der Waals surface area contributed by atoms with E-state index in [0.717, 1.165) is 16.1 Å². The van der Waals surface area contributed by atoms with Crippen LogP contribution in [-0.2, 0) is 20.4 Å². The molecule has 20 heavy (non-hydrogen) atoms. The molecule has 3 aliphatic carbocycles. The molecule has 1 saturated carbocycles. The summed E-state index contributed by atoms with van der Waals surface area (Å²) in [6.07, 6.45) is 15.9. The van der Waals surface area contributed by atoms with Gasteiger partial charge in [0.15, 0.2) is 0 Å². The molecule has 0 amide bonds. The van der Waals surface area contributed by atoms with Crippen molar-refractivity contribution in [1.29, 1.82) is 0 Å². The van der Waals surface area contributed by atoms with Crippen LogP contribution in [0.1, 0.15) is 40.0 Å². The van der Waals surface area contributed by atoms with E-state index >= 15 is 0 Å². The van der Waals surface area contributed by atoms with Gasteiger partial charge in [-0.05, 0) is 0 Å². The maximum Gasteiger partial charge on any atom is -1.00 e. The van der Waals surface area contributed by atoms with Gasteiger partial charge in [-0.1, -0.05) is 0 Å². The topological polar surface area (TPSA) is 0 Å². The van der Waals surface area contributed by atoms with Gasteiger partial charge in [0.05, 0.1) is 0 Å². The van der Waals surface area contributed by atoms with Crippen LogP contribution in [0.15, 0.2) is 36.0 Å². The fourth-order valence-electron chi connectivity index (χ4n) is 4.52. The van der Waals surface area contributed by atoms with E-state index in [-0.39, 0.29) is 9.41 Å². The zero-order valence-corrected chi connectivity index (χ0v) is 14.1. The maximum absolute atomic E-state index is 2.53. The van der Waals surface area contributed by atoms with Crippen molar-refractivity contribution in [3.63, 3.8) is 0 Å². The van der Waals surface area contributed by atoms with E-state index in [1.54, 1.807) is 5.57 Å².